The largest absolute Gasteiger partial charge is 0.454 e. The molecule has 1 N–H and O–H groups in total. The highest BCUT2D eigenvalue weighted by Gasteiger charge is 2.28. The molecule has 172 valence electrons. The molecule has 0 unspecified atom stereocenters. The van der Waals surface area contributed by atoms with Crippen LogP contribution in [0.1, 0.15) is 56.2 Å². The fourth-order valence-electron chi connectivity index (χ4n) is 3.92. The Bertz CT molecular complexity index is 928. The third-order valence-electron chi connectivity index (χ3n) is 5.72. The number of carbonyl (C=O) groups is 2. The van der Waals surface area contributed by atoms with E-state index in [0.717, 1.165) is 35.3 Å². The van der Waals surface area contributed by atoms with Crippen LogP contribution in [0.4, 0.5) is 0 Å². The van der Waals surface area contributed by atoms with E-state index in [4.69, 9.17) is 9.47 Å². The zero-order valence-corrected chi connectivity index (χ0v) is 19.4. The van der Waals surface area contributed by atoms with E-state index in [2.05, 4.69) is 18.3 Å². The number of fused-ring (bicyclic) bond motifs is 1. The molecule has 0 fully saturated rings. The van der Waals surface area contributed by atoms with Crippen molar-refractivity contribution in [2.24, 2.45) is 0 Å². The first kappa shape index (κ1) is 23.6. The van der Waals surface area contributed by atoms with Crippen molar-refractivity contribution in [2.45, 2.75) is 65.5 Å². The first-order chi connectivity index (χ1) is 15.5. The standard InChI is InChI=1S/C26H34N2O4/c1-4-6-14-27-26(30)22(5-2)28(17-21-9-7-8-19(3)15-21)25(29)13-11-20-10-12-23-24(16-20)32-18-31-23/h7-10,12,15-16,22H,4-6,11,13-14,17-18H2,1-3H3,(H,27,30)/t22-/m0/s1. The summed E-state index contributed by atoms with van der Waals surface area (Å²) >= 11 is 0. The summed E-state index contributed by atoms with van der Waals surface area (Å²) in [4.78, 5) is 28.0. The number of benzene rings is 2. The number of amides is 2. The molecule has 2 aromatic rings. The predicted octanol–water partition coefficient (Wildman–Crippen LogP) is 4.38. The molecule has 6 nitrogen and oxygen atoms in total. The number of nitrogens with one attached hydrogen (secondary N) is 1. The summed E-state index contributed by atoms with van der Waals surface area (Å²) in [7, 11) is 0. The topological polar surface area (TPSA) is 67.9 Å². The molecule has 0 spiro atoms. The Morgan fingerprint density at radius 2 is 1.88 bits per heavy atom. The molecule has 6 heteroatoms. The molecule has 0 saturated heterocycles. The van der Waals surface area contributed by atoms with E-state index < -0.39 is 6.04 Å². The van der Waals surface area contributed by atoms with Crippen LogP contribution in [0.15, 0.2) is 42.5 Å². The number of ether oxygens (including phenoxy) is 2. The second-order valence-corrected chi connectivity index (χ2v) is 8.27. The highest BCUT2D eigenvalue weighted by molar-refractivity contribution is 5.87. The summed E-state index contributed by atoms with van der Waals surface area (Å²) < 4.78 is 10.8. The van der Waals surface area contributed by atoms with Crippen LogP contribution in [0.3, 0.4) is 0 Å². The quantitative estimate of drug-likeness (QED) is 0.529. The normalized spacial score (nSPS) is 13.0. The smallest absolute Gasteiger partial charge is 0.242 e. The van der Waals surface area contributed by atoms with Crippen molar-refractivity contribution in [1.29, 1.82) is 0 Å². The lowest BCUT2D eigenvalue weighted by Crippen LogP contribution is -2.49. The van der Waals surface area contributed by atoms with Gasteiger partial charge in [0.25, 0.3) is 0 Å². The number of aryl methyl sites for hydroxylation is 2. The molecule has 2 aromatic carbocycles. The molecule has 1 heterocycles. The molecule has 0 saturated carbocycles. The van der Waals surface area contributed by atoms with E-state index in [1.807, 2.05) is 50.2 Å². The monoisotopic (exact) mass is 438 g/mol. The average Bonchev–Trinajstić information content (AvgIpc) is 3.25. The Hall–Kier alpha value is -3.02. The third-order valence-corrected chi connectivity index (χ3v) is 5.72. The summed E-state index contributed by atoms with van der Waals surface area (Å²) in [6.07, 6.45) is 3.41. The van der Waals surface area contributed by atoms with Crippen molar-refractivity contribution in [1.82, 2.24) is 10.2 Å². The molecule has 32 heavy (non-hydrogen) atoms. The Morgan fingerprint density at radius 3 is 2.62 bits per heavy atom. The predicted molar refractivity (Wildman–Crippen MR) is 125 cm³/mol. The van der Waals surface area contributed by atoms with Crippen LogP contribution in [0.25, 0.3) is 0 Å². The second kappa shape index (κ2) is 11.6. The molecule has 3 rings (SSSR count). The maximum absolute atomic E-state index is 13.4. The van der Waals surface area contributed by atoms with Crippen LogP contribution in [0.2, 0.25) is 0 Å². The molecule has 2 amide bonds. The summed E-state index contributed by atoms with van der Waals surface area (Å²) in [5.74, 6) is 1.34. The van der Waals surface area contributed by atoms with Crippen LogP contribution in [-0.4, -0.2) is 36.1 Å². The molecular weight excluding hydrogens is 404 g/mol. The molecule has 0 aromatic heterocycles. The van der Waals surface area contributed by atoms with Crippen molar-refractivity contribution in [2.75, 3.05) is 13.3 Å². The Morgan fingerprint density at radius 1 is 1.06 bits per heavy atom. The number of unbranched alkanes of at least 4 members (excludes halogenated alkanes) is 1. The maximum Gasteiger partial charge on any atom is 0.242 e. The minimum atomic E-state index is -0.489. The minimum absolute atomic E-state index is 0.0262. The van der Waals surface area contributed by atoms with Gasteiger partial charge in [0, 0.05) is 19.5 Å². The first-order valence-corrected chi connectivity index (χ1v) is 11.5. The van der Waals surface area contributed by atoms with E-state index in [9.17, 15) is 9.59 Å². The average molecular weight is 439 g/mol. The Kier molecular flexibility index (Phi) is 8.54. The maximum atomic E-state index is 13.4. The third kappa shape index (κ3) is 6.25. The van der Waals surface area contributed by atoms with E-state index >= 15 is 0 Å². The van der Waals surface area contributed by atoms with Gasteiger partial charge >= 0.3 is 0 Å². The van der Waals surface area contributed by atoms with Gasteiger partial charge in [0.1, 0.15) is 6.04 Å². The van der Waals surface area contributed by atoms with E-state index in [1.54, 1.807) is 4.90 Å². The van der Waals surface area contributed by atoms with Crippen LogP contribution in [-0.2, 0) is 22.6 Å². The van der Waals surface area contributed by atoms with Crippen LogP contribution < -0.4 is 14.8 Å². The molecule has 1 atom stereocenters. The van der Waals surface area contributed by atoms with E-state index in [0.29, 0.717) is 38.1 Å². The zero-order valence-electron chi connectivity index (χ0n) is 19.4. The number of rotatable bonds is 11. The van der Waals surface area contributed by atoms with Gasteiger partial charge in [0.2, 0.25) is 18.6 Å². The molecule has 1 aliphatic rings. The van der Waals surface area contributed by atoms with E-state index in [-0.39, 0.29) is 18.6 Å². The van der Waals surface area contributed by atoms with Crippen molar-refractivity contribution in [3.05, 3.63) is 59.2 Å². The van der Waals surface area contributed by atoms with Crippen LogP contribution in [0.5, 0.6) is 11.5 Å². The van der Waals surface area contributed by atoms with Gasteiger partial charge in [-0.05, 0) is 49.4 Å². The summed E-state index contributed by atoms with van der Waals surface area (Å²) in [6, 6.07) is 13.4. The lowest BCUT2D eigenvalue weighted by molar-refractivity contribution is -0.141. The van der Waals surface area contributed by atoms with Gasteiger partial charge in [-0.15, -0.1) is 0 Å². The lowest BCUT2D eigenvalue weighted by Gasteiger charge is -2.31. The lowest BCUT2D eigenvalue weighted by atomic mass is 10.0. The van der Waals surface area contributed by atoms with Gasteiger partial charge in [0.05, 0.1) is 0 Å². The molecule has 0 bridgehead atoms. The Balaban J connectivity index is 1.73. The summed E-state index contributed by atoms with van der Waals surface area (Å²) in [6.45, 7) is 7.36. The van der Waals surface area contributed by atoms with Gasteiger partial charge in [-0.3, -0.25) is 9.59 Å². The number of hydrogen-bond donors (Lipinski definition) is 1. The van der Waals surface area contributed by atoms with Crippen LogP contribution in [0, 0.1) is 6.92 Å². The van der Waals surface area contributed by atoms with Gasteiger partial charge in [-0.2, -0.15) is 0 Å². The molecule has 1 aliphatic heterocycles. The number of nitrogens with zero attached hydrogens (tertiary/aromatic N) is 1. The minimum Gasteiger partial charge on any atom is -0.454 e. The fourth-order valence-corrected chi connectivity index (χ4v) is 3.92. The van der Waals surface area contributed by atoms with Gasteiger partial charge < -0.3 is 19.7 Å². The van der Waals surface area contributed by atoms with E-state index in [1.165, 1.54) is 0 Å². The van der Waals surface area contributed by atoms with Crippen LogP contribution >= 0.6 is 0 Å². The Labute approximate surface area is 190 Å². The molecule has 0 radical (unpaired) electrons. The highest BCUT2D eigenvalue weighted by Crippen LogP contribution is 2.32. The summed E-state index contributed by atoms with van der Waals surface area (Å²) in [5.41, 5.74) is 3.18. The fraction of sp³-hybridized carbons (Fsp3) is 0.462. The van der Waals surface area contributed by atoms with Crippen molar-refractivity contribution < 1.29 is 19.1 Å². The highest BCUT2D eigenvalue weighted by atomic mass is 16.7. The SMILES string of the molecule is CCCCNC(=O)[C@H](CC)N(Cc1cccc(C)c1)C(=O)CCc1ccc2c(c1)OCO2. The van der Waals surface area contributed by atoms with Crippen molar-refractivity contribution in [3.63, 3.8) is 0 Å². The second-order valence-electron chi connectivity index (χ2n) is 8.27. The van der Waals surface area contributed by atoms with Gasteiger partial charge in [-0.1, -0.05) is 56.2 Å². The zero-order chi connectivity index (χ0) is 22.9. The molecule has 0 aliphatic carbocycles. The van der Waals surface area contributed by atoms with Crippen molar-refractivity contribution >= 4 is 11.8 Å². The van der Waals surface area contributed by atoms with Gasteiger partial charge in [-0.25, -0.2) is 0 Å². The molecular formula is C26H34N2O4. The first-order valence-electron chi connectivity index (χ1n) is 11.5. The summed E-state index contributed by atoms with van der Waals surface area (Å²) in [5, 5.41) is 3.01. The number of carbonyl (C=O) groups excluding carboxylic acids is 2. The number of hydrogen-bond acceptors (Lipinski definition) is 4. The van der Waals surface area contributed by atoms with Gasteiger partial charge in [0.15, 0.2) is 11.5 Å². The van der Waals surface area contributed by atoms with Crippen molar-refractivity contribution in [3.8, 4) is 11.5 Å².